The molecule has 13 heteroatoms. The number of aliphatic hydroxyl groups excluding tert-OH is 5. The predicted octanol–water partition coefficient (Wildman–Crippen LogP) is 6.70. The van der Waals surface area contributed by atoms with E-state index in [4.69, 9.17) is 34.3 Å². The Balaban J connectivity index is 0.000000560. The Bertz CT molecular complexity index is 955. The average molecular weight is 807 g/mol. The Morgan fingerprint density at radius 3 is 1.79 bits per heavy atom. The third kappa shape index (κ3) is 25.2. The molecule has 0 aromatic rings. The van der Waals surface area contributed by atoms with Crippen LogP contribution in [-0.4, -0.2) is 129 Å². The standard InChI is InChI=1S/C22H42O6.C21H40O7/c1-3-5-9-13-19-21(27-16-17(23)4-2)15-20(28-19)18(24)12-10-7-6-8-11-14-22(25)26;1-2-3-7-11-19(27-15-16(23)14-22)20-13-17(24)18(28-20)10-8-5-4-6-9-12-21(25)26/h17-21,23-24H,3-16H2,1-2H3,(H,25,26);16-20,22-24H,2-15H2,1H3,(H,25,26). The summed E-state index contributed by atoms with van der Waals surface area (Å²) in [6.45, 7) is 6.32. The van der Waals surface area contributed by atoms with Gasteiger partial charge >= 0.3 is 11.9 Å². The second-order valence-corrected chi connectivity index (χ2v) is 16.1. The van der Waals surface area contributed by atoms with Crippen LogP contribution in [0, 0.1) is 0 Å². The fraction of sp³-hybridized carbons (Fsp3) is 0.953. The summed E-state index contributed by atoms with van der Waals surface area (Å²) in [5, 5.41) is 66.5. The van der Waals surface area contributed by atoms with Gasteiger partial charge < -0.3 is 54.7 Å². The van der Waals surface area contributed by atoms with Crippen LogP contribution >= 0.6 is 0 Å². The van der Waals surface area contributed by atoms with Crippen LogP contribution in [-0.2, 0) is 28.5 Å². The monoisotopic (exact) mass is 807 g/mol. The number of aliphatic hydroxyl groups is 5. The summed E-state index contributed by atoms with van der Waals surface area (Å²) in [4.78, 5) is 21.0. The number of hydrogen-bond donors (Lipinski definition) is 7. The average Bonchev–Trinajstić information content (AvgIpc) is 3.76. The topological polar surface area (TPSA) is 213 Å². The normalized spacial score (nSPS) is 24.4. The summed E-state index contributed by atoms with van der Waals surface area (Å²) >= 11 is 0. The first-order valence-corrected chi connectivity index (χ1v) is 22.3. The van der Waals surface area contributed by atoms with Gasteiger partial charge in [0.15, 0.2) is 0 Å². The second-order valence-electron chi connectivity index (χ2n) is 16.1. The number of rotatable bonds is 34. The molecule has 0 aromatic carbocycles. The molecule has 332 valence electrons. The molecule has 7 N–H and O–H groups in total. The Morgan fingerprint density at radius 2 is 1.18 bits per heavy atom. The van der Waals surface area contributed by atoms with Crippen LogP contribution in [0.25, 0.3) is 0 Å². The molecule has 0 radical (unpaired) electrons. The minimum atomic E-state index is -0.892. The molecule has 2 fully saturated rings. The Kier molecular flexibility index (Phi) is 31.4. The van der Waals surface area contributed by atoms with Gasteiger partial charge in [0.2, 0.25) is 0 Å². The minimum Gasteiger partial charge on any atom is -0.481 e. The molecule has 2 aliphatic heterocycles. The number of aliphatic carboxylic acids is 2. The van der Waals surface area contributed by atoms with Gasteiger partial charge in [0, 0.05) is 25.7 Å². The number of unbranched alkanes of at least 4 members (excludes halogenated alkanes) is 12. The molecule has 56 heavy (non-hydrogen) atoms. The van der Waals surface area contributed by atoms with Crippen molar-refractivity contribution in [2.24, 2.45) is 0 Å². The zero-order chi connectivity index (χ0) is 41.6. The van der Waals surface area contributed by atoms with E-state index in [1.807, 2.05) is 6.92 Å². The maximum Gasteiger partial charge on any atom is 0.303 e. The maximum absolute atomic E-state index is 10.5. The van der Waals surface area contributed by atoms with E-state index >= 15 is 0 Å². The molecule has 2 aliphatic rings. The maximum atomic E-state index is 10.5. The largest absolute Gasteiger partial charge is 0.481 e. The van der Waals surface area contributed by atoms with E-state index in [1.54, 1.807) is 0 Å². The molecule has 2 rings (SSSR count). The highest BCUT2D eigenvalue weighted by molar-refractivity contribution is 5.66. The van der Waals surface area contributed by atoms with E-state index in [2.05, 4.69) is 13.8 Å². The van der Waals surface area contributed by atoms with Crippen LogP contribution < -0.4 is 0 Å². The molecule has 0 amide bonds. The van der Waals surface area contributed by atoms with Gasteiger partial charge in [-0.1, -0.05) is 111 Å². The van der Waals surface area contributed by atoms with Gasteiger partial charge in [-0.05, 0) is 44.9 Å². The summed E-state index contributed by atoms with van der Waals surface area (Å²) < 4.78 is 24.0. The van der Waals surface area contributed by atoms with Crippen LogP contribution in [0.15, 0.2) is 0 Å². The first kappa shape index (κ1) is 52.6. The van der Waals surface area contributed by atoms with E-state index in [0.29, 0.717) is 32.3 Å². The van der Waals surface area contributed by atoms with Crippen LogP contribution in [0.4, 0.5) is 0 Å². The highest BCUT2D eigenvalue weighted by Gasteiger charge is 2.40. The van der Waals surface area contributed by atoms with E-state index in [1.165, 1.54) is 6.42 Å². The fourth-order valence-corrected chi connectivity index (χ4v) is 7.39. The van der Waals surface area contributed by atoms with Crippen LogP contribution in [0.2, 0.25) is 0 Å². The first-order chi connectivity index (χ1) is 26.9. The molecule has 10 atom stereocenters. The first-order valence-electron chi connectivity index (χ1n) is 22.3. The van der Waals surface area contributed by atoms with Crippen molar-refractivity contribution in [1.82, 2.24) is 0 Å². The highest BCUT2D eigenvalue weighted by atomic mass is 16.6. The highest BCUT2D eigenvalue weighted by Crippen LogP contribution is 2.32. The predicted molar refractivity (Wildman–Crippen MR) is 216 cm³/mol. The lowest BCUT2D eigenvalue weighted by molar-refractivity contribution is -0.138. The van der Waals surface area contributed by atoms with E-state index in [0.717, 1.165) is 116 Å². The summed E-state index contributed by atoms with van der Waals surface area (Å²) in [6, 6.07) is 0. The number of hydrogen-bond acceptors (Lipinski definition) is 11. The van der Waals surface area contributed by atoms with Gasteiger partial charge in [-0.3, -0.25) is 9.59 Å². The molecule has 13 nitrogen and oxygen atoms in total. The van der Waals surface area contributed by atoms with Crippen molar-refractivity contribution in [3.05, 3.63) is 0 Å². The smallest absolute Gasteiger partial charge is 0.303 e. The number of carboxylic acid groups (broad SMARTS) is 2. The molecular weight excluding hydrogens is 724 g/mol. The molecule has 10 unspecified atom stereocenters. The molecule has 0 spiro atoms. The van der Waals surface area contributed by atoms with Crippen molar-refractivity contribution < 1.29 is 64.3 Å². The third-order valence-corrected chi connectivity index (χ3v) is 11.0. The van der Waals surface area contributed by atoms with Crippen molar-refractivity contribution in [3.8, 4) is 0 Å². The van der Waals surface area contributed by atoms with Crippen molar-refractivity contribution in [1.29, 1.82) is 0 Å². The van der Waals surface area contributed by atoms with Crippen molar-refractivity contribution >= 4 is 11.9 Å². The lowest BCUT2D eigenvalue weighted by Gasteiger charge is -2.25. The Hall–Kier alpha value is -1.42. The molecule has 2 heterocycles. The molecule has 0 bridgehead atoms. The van der Waals surface area contributed by atoms with Gasteiger partial charge in [-0.15, -0.1) is 0 Å². The lowest BCUT2D eigenvalue weighted by atomic mass is 10.00. The van der Waals surface area contributed by atoms with Crippen molar-refractivity contribution in [2.75, 3.05) is 19.8 Å². The van der Waals surface area contributed by atoms with Gasteiger partial charge in [-0.2, -0.15) is 0 Å². The summed E-state index contributed by atoms with van der Waals surface area (Å²) in [5.41, 5.74) is 0. The van der Waals surface area contributed by atoms with Gasteiger partial charge in [0.05, 0.1) is 74.8 Å². The number of carbonyl (C=O) groups is 2. The molecule has 0 aromatic heterocycles. The van der Waals surface area contributed by atoms with E-state index < -0.39 is 36.4 Å². The van der Waals surface area contributed by atoms with Crippen LogP contribution in [0.5, 0.6) is 0 Å². The zero-order valence-electron chi connectivity index (χ0n) is 35.2. The summed E-state index contributed by atoms with van der Waals surface area (Å²) in [5.74, 6) is -1.47. The minimum absolute atomic E-state index is 0.00581. The van der Waals surface area contributed by atoms with Crippen molar-refractivity contribution in [2.45, 2.75) is 242 Å². The second kappa shape index (κ2) is 33.4. The lowest BCUT2D eigenvalue weighted by Crippen LogP contribution is -2.33. The van der Waals surface area contributed by atoms with E-state index in [-0.39, 0.29) is 62.7 Å². The SMILES string of the molecule is CCCCCC(OCC(O)CO)C1CC(O)C(CCCCCCCC(=O)O)O1.CCCCCC1OC(C(O)CCCCCCCC(=O)O)CC1OCC(O)CC. The molecular formula is C43H82O13. The summed E-state index contributed by atoms with van der Waals surface area (Å²) in [6.07, 6.45) is 18.3. The quantitative estimate of drug-likeness (QED) is 0.0338. The third-order valence-electron chi connectivity index (χ3n) is 11.0. The Labute approximate surface area is 337 Å². The number of carboxylic acids is 2. The Morgan fingerprint density at radius 1 is 0.643 bits per heavy atom. The fourth-order valence-electron chi connectivity index (χ4n) is 7.39. The van der Waals surface area contributed by atoms with Crippen LogP contribution in [0.3, 0.4) is 0 Å². The van der Waals surface area contributed by atoms with Gasteiger partial charge in [-0.25, -0.2) is 0 Å². The number of ether oxygens (including phenoxy) is 4. The molecule has 0 saturated carbocycles. The van der Waals surface area contributed by atoms with Gasteiger partial charge in [0.1, 0.15) is 6.10 Å². The molecule has 2 saturated heterocycles. The van der Waals surface area contributed by atoms with Crippen molar-refractivity contribution in [3.63, 3.8) is 0 Å². The van der Waals surface area contributed by atoms with Crippen LogP contribution in [0.1, 0.15) is 181 Å². The summed E-state index contributed by atoms with van der Waals surface area (Å²) in [7, 11) is 0. The van der Waals surface area contributed by atoms with Gasteiger partial charge in [0.25, 0.3) is 0 Å². The molecule has 0 aliphatic carbocycles. The van der Waals surface area contributed by atoms with E-state index in [9.17, 15) is 30.0 Å². The zero-order valence-corrected chi connectivity index (χ0v) is 35.2.